The topological polar surface area (TPSA) is 62.1 Å². The minimum Gasteiger partial charge on any atom is -0.356 e. The van der Waals surface area contributed by atoms with Gasteiger partial charge in [-0.3, -0.25) is 5.43 Å². The molecule has 4 rings (SSSR count). The largest absolute Gasteiger partial charge is 0.356 e. The van der Waals surface area contributed by atoms with Crippen molar-refractivity contribution in [1.29, 1.82) is 0 Å². The highest BCUT2D eigenvalue weighted by molar-refractivity contribution is 5.74. The molecule has 7 nitrogen and oxygen atoms in total. The van der Waals surface area contributed by atoms with E-state index in [0.29, 0.717) is 0 Å². The smallest absolute Gasteiger partial charge is 0.157 e. The Labute approximate surface area is 147 Å². The lowest BCUT2D eigenvalue weighted by Crippen LogP contribution is -2.31. The van der Waals surface area contributed by atoms with E-state index in [2.05, 4.69) is 31.9 Å². The summed E-state index contributed by atoms with van der Waals surface area (Å²) in [6, 6.07) is 2.03. The summed E-state index contributed by atoms with van der Waals surface area (Å²) in [4.78, 5) is 15.4. The van der Waals surface area contributed by atoms with Crippen LogP contribution in [-0.2, 0) is 0 Å². The van der Waals surface area contributed by atoms with E-state index in [4.69, 9.17) is 0 Å². The SMILES string of the molecule is C=C1C(n2ccnc2)=CNN1c1cc(N2CCCCCCC2)ncn1. The number of aromatic nitrogens is 4. The van der Waals surface area contributed by atoms with Gasteiger partial charge in [0, 0.05) is 37.7 Å². The third-order valence-electron chi connectivity index (χ3n) is 4.73. The van der Waals surface area contributed by atoms with E-state index in [1.165, 1.54) is 32.1 Å². The highest BCUT2D eigenvalue weighted by atomic mass is 15.6. The van der Waals surface area contributed by atoms with Crippen LogP contribution in [0.5, 0.6) is 0 Å². The van der Waals surface area contributed by atoms with Crippen LogP contribution in [0.15, 0.2) is 49.6 Å². The number of allylic oxidation sites excluding steroid dienone is 1. The summed E-state index contributed by atoms with van der Waals surface area (Å²) in [7, 11) is 0. The van der Waals surface area contributed by atoms with Crippen LogP contribution in [0, 0.1) is 0 Å². The minimum absolute atomic E-state index is 0.795. The van der Waals surface area contributed by atoms with Gasteiger partial charge in [0.1, 0.15) is 12.1 Å². The van der Waals surface area contributed by atoms with Crippen molar-refractivity contribution >= 4 is 17.3 Å². The van der Waals surface area contributed by atoms with Crippen molar-refractivity contribution in [1.82, 2.24) is 24.9 Å². The highest BCUT2D eigenvalue weighted by Crippen LogP contribution is 2.28. The van der Waals surface area contributed by atoms with Gasteiger partial charge in [-0.05, 0) is 12.8 Å². The first-order valence-electron chi connectivity index (χ1n) is 8.84. The van der Waals surface area contributed by atoms with Crippen LogP contribution >= 0.6 is 0 Å². The van der Waals surface area contributed by atoms with Crippen LogP contribution < -0.4 is 15.3 Å². The van der Waals surface area contributed by atoms with Crippen molar-refractivity contribution in [2.75, 3.05) is 23.0 Å². The maximum atomic E-state index is 4.50. The van der Waals surface area contributed by atoms with Crippen LogP contribution in [0.2, 0.25) is 0 Å². The number of rotatable bonds is 3. The fourth-order valence-corrected chi connectivity index (χ4v) is 3.34. The first-order chi connectivity index (χ1) is 12.3. The Morgan fingerprint density at radius 2 is 1.76 bits per heavy atom. The second-order valence-electron chi connectivity index (χ2n) is 6.40. The van der Waals surface area contributed by atoms with Gasteiger partial charge in [-0.2, -0.15) is 0 Å². The highest BCUT2D eigenvalue weighted by Gasteiger charge is 2.23. The average molecular weight is 337 g/mol. The zero-order chi connectivity index (χ0) is 17.1. The molecular weight excluding hydrogens is 314 g/mol. The third-order valence-corrected chi connectivity index (χ3v) is 4.73. The average Bonchev–Trinajstić information content (AvgIpc) is 3.24. The number of anilines is 2. The summed E-state index contributed by atoms with van der Waals surface area (Å²) < 4.78 is 1.93. The molecule has 7 heteroatoms. The molecular formula is C18H23N7. The van der Waals surface area contributed by atoms with E-state index in [1.54, 1.807) is 18.9 Å². The quantitative estimate of drug-likeness (QED) is 0.929. The van der Waals surface area contributed by atoms with Crippen LogP contribution in [0.3, 0.4) is 0 Å². The molecule has 0 spiro atoms. The molecule has 0 radical (unpaired) electrons. The van der Waals surface area contributed by atoms with Gasteiger partial charge in [-0.25, -0.2) is 20.0 Å². The van der Waals surface area contributed by atoms with Crippen LogP contribution in [-0.4, -0.2) is 32.6 Å². The molecule has 4 heterocycles. The van der Waals surface area contributed by atoms with Gasteiger partial charge < -0.3 is 9.47 Å². The number of hydrogen-bond acceptors (Lipinski definition) is 6. The van der Waals surface area contributed by atoms with Crippen molar-refractivity contribution in [2.45, 2.75) is 32.1 Å². The monoisotopic (exact) mass is 337 g/mol. The maximum absolute atomic E-state index is 4.50. The lowest BCUT2D eigenvalue weighted by atomic mass is 10.1. The summed E-state index contributed by atoms with van der Waals surface area (Å²) in [6.07, 6.45) is 15.3. The predicted molar refractivity (Wildman–Crippen MR) is 98.6 cm³/mol. The summed E-state index contributed by atoms with van der Waals surface area (Å²) in [5.41, 5.74) is 5.00. The van der Waals surface area contributed by atoms with Crippen LogP contribution in [0.4, 0.5) is 11.6 Å². The number of nitrogens with one attached hydrogen (secondary N) is 1. The molecule has 2 aliphatic rings. The number of hydrogen-bond donors (Lipinski definition) is 1. The van der Waals surface area contributed by atoms with E-state index in [1.807, 2.05) is 28.0 Å². The van der Waals surface area contributed by atoms with E-state index in [-0.39, 0.29) is 0 Å². The molecule has 25 heavy (non-hydrogen) atoms. The zero-order valence-corrected chi connectivity index (χ0v) is 14.3. The molecule has 0 unspecified atom stereocenters. The van der Waals surface area contributed by atoms with Crippen molar-refractivity contribution in [3.05, 3.63) is 49.6 Å². The van der Waals surface area contributed by atoms with Crippen LogP contribution in [0.25, 0.3) is 5.70 Å². The first-order valence-corrected chi connectivity index (χ1v) is 8.84. The molecule has 1 N–H and O–H groups in total. The molecule has 0 saturated carbocycles. The van der Waals surface area contributed by atoms with Crippen molar-refractivity contribution < 1.29 is 0 Å². The summed E-state index contributed by atoms with van der Waals surface area (Å²) in [5.74, 6) is 1.78. The maximum Gasteiger partial charge on any atom is 0.157 e. The van der Waals surface area contributed by atoms with Gasteiger partial charge in [0.25, 0.3) is 0 Å². The van der Waals surface area contributed by atoms with E-state index in [9.17, 15) is 0 Å². The first kappa shape index (κ1) is 15.7. The van der Waals surface area contributed by atoms with Crippen LogP contribution in [0.1, 0.15) is 32.1 Å². The fourth-order valence-electron chi connectivity index (χ4n) is 3.34. The molecule has 0 atom stereocenters. The van der Waals surface area contributed by atoms with Gasteiger partial charge in [0.15, 0.2) is 5.82 Å². The molecule has 2 aromatic rings. The fraction of sp³-hybridized carbons (Fsp3) is 0.389. The zero-order valence-electron chi connectivity index (χ0n) is 14.3. The minimum atomic E-state index is 0.795. The van der Waals surface area contributed by atoms with Gasteiger partial charge in [0.2, 0.25) is 0 Å². The molecule has 2 aromatic heterocycles. The van der Waals surface area contributed by atoms with E-state index < -0.39 is 0 Å². The predicted octanol–water partition coefficient (Wildman–Crippen LogP) is 2.78. The Kier molecular flexibility index (Phi) is 4.37. The number of imidazole rings is 1. The summed E-state index contributed by atoms with van der Waals surface area (Å²) >= 11 is 0. The molecule has 130 valence electrons. The second-order valence-corrected chi connectivity index (χ2v) is 6.40. The summed E-state index contributed by atoms with van der Waals surface area (Å²) in [6.45, 7) is 6.31. The molecule has 2 aliphatic heterocycles. The standard InChI is InChI=1S/C18H23N7/c1-15-16(24-10-7-19-14-24)12-22-25(15)18-11-17(20-13-21-18)23-8-5-3-2-4-6-9-23/h7,10-14,22H,1-6,8-9H2. The van der Waals surface area contributed by atoms with E-state index >= 15 is 0 Å². The lowest BCUT2D eigenvalue weighted by Gasteiger charge is -2.27. The Morgan fingerprint density at radius 3 is 2.52 bits per heavy atom. The summed E-state index contributed by atoms with van der Waals surface area (Å²) in [5, 5.41) is 1.88. The molecule has 0 aromatic carbocycles. The van der Waals surface area contributed by atoms with Gasteiger partial charge in [-0.15, -0.1) is 0 Å². The number of hydrazine groups is 1. The molecule has 0 amide bonds. The Hall–Kier alpha value is -2.83. The second kappa shape index (κ2) is 6.96. The molecule has 0 aliphatic carbocycles. The lowest BCUT2D eigenvalue weighted by molar-refractivity contribution is 0.553. The third kappa shape index (κ3) is 3.22. The Bertz CT molecular complexity index is 757. The Balaban J connectivity index is 1.53. The molecule has 1 fully saturated rings. The molecule has 1 saturated heterocycles. The van der Waals surface area contributed by atoms with Gasteiger partial charge in [-0.1, -0.05) is 25.8 Å². The van der Waals surface area contributed by atoms with Crippen molar-refractivity contribution in [3.63, 3.8) is 0 Å². The van der Waals surface area contributed by atoms with Crippen molar-refractivity contribution in [3.8, 4) is 0 Å². The normalized spacial score (nSPS) is 18.6. The number of nitrogens with zero attached hydrogens (tertiary/aromatic N) is 6. The molecule has 0 bridgehead atoms. The Morgan fingerprint density at radius 1 is 1.00 bits per heavy atom. The van der Waals surface area contributed by atoms with E-state index in [0.717, 1.165) is 36.1 Å². The van der Waals surface area contributed by atoms with Crippen molar-refractivity contribution in [2.24, 2.45) is 0 Å². The van der Waals surface area contributed by atoms with Gasteiger partial charge in [0.05, 0.1) is 17.7 Å². The van der Waals surface area contributed by atoms with Gasteiger partial charge >= 0.3 is 0 Å².